The second-order valence-electron chi connectivity index (χ2n) is 4.66. The number of cyclic esters (lactones) is 1. The number of nitrogens with zero attached hydrogens (tertiary/aromatic N) is 1. The molecule has 6 nitrogen and oxygen atoms in total. The Balaban J connectivity index is 1.95. The van der Waals surface area contributed by atoms with E-state index >= 15 is 0 Å². The van der Waals surface area contributed by atoms with E-state index in [0.29, 0.717) is 18.0 Å². The van der Waals surface area contributed by atoms with Gasteiger partial charge in [0.05, 0.1) is 12.2 Å². The van der Waals surface area contributed by atoms with Gasteiger partial charge in [-0.25, -0.2) is 4.79 Å². The smallest absolute Gasteiger partial charge is 0.407 e. The fourth-order valence-electron chi connectivity index (χ4n) is 2.30. The number of carbonyl (C=O) groups excluding carboxylic acids is 2. The lowest BCUT2D eigenvalue weighted by atomic mass is 10.1. The highest BCUT2D eigenvalue weighted by atomic mass is 16.6. The van der Waals surface area contributed by atoms with Gasteiger partial charge in [0.15, 0.2) is 6.10 Å². The highest BCUT2D eigenvalue weighted by molar-refractivity contribution is 5.99. The lowest BCUT2D eigenvalue weighted by molar-refractivity contribution is -0.125. The van der Waals surface area contributed by atoms with Crippen LogP contribution in [-0.2, 0) is 9.53 Å². The predicted octanol–water partition coefficient (Wildman–Crippen LogP) is 1.21. The zero-order chi connectivity index (χ0) is 13.6. The molecule has 19 heavy (non-hydrogen) atoms. The zero-order valence-electron chi connectivity index (χ0n) is 10.7. The molecule has 3 rings (SSSR count). The highest BCUT2D eigenvalue weighted by Crippen LogP contribution is 2.36. The van der Waals surface area contributed by atoms with Gasteiger partial charge in [0, 0.05) is 7.05 Å². The molecular formula is C13H14N2O4. The van der Waals surface area contributed by atoms with Crippen LogP contribution in [0.1, 0.15) is 18.6 Å². The van der Waals surface area contributed by atoms with Crippen LogP contribution in [0.25, 0.3) is 0 Å². The largest absolute Gasteiger partial charge is 0.479 e. The minimum atomic E-state index is -0.477. The third-order valence-corrected chi connectivity index (χ3v) is 3.38. The monoisotopic (exact) mass is 262 g/mol. The summed E-state index contributed by atoms with van der Waals surface area (Å²) in [4.78, 5) is 24.5. The Bertz CT molecular complexity index is 558. The van der Waals surface area contributed by atoms with Gasteiger partial charge in [0.1, 0.15) is 11.9 Å². The average molecular weight is 262 g/mol. The number of rotatable bonds is 1. The van der Waals surface area contributed by atoms with E-state index in [2.05, 4.69) is 5.32 Å². The number of hydrogen-bond acceptors (Lipinski definition) is 4. The Hall–Kier alpha value is -2.24. The Labute approximate surface area is 110 Å². The van der Waals surface area contributed by atoms with Crippen molar-refractivity contribution in [2.45, 2.75) is 19.1 Å². The lowest BCUT2D eigenvalue weighted by Gasteiger charge is -2.30. The summed E-state index contributed by atoms with van der Waals surface area (Å²) in [6.45, 7) is 2.16. The first-order chi connectivity index (χ1) is 9.06. The molecule has 0 bridgehead atoms. The maximum Gasteiger partial charge on any atom is 0.407 e. The molecule has 2 aliphatic rings. The van der Waals surface area contributed by atoms with Crippen molar-refractivity contribution in [2.24, 2.45) is 0 Å². The normalized spacial score (nSPS) is 25.5. The Morgan fingerprint density at radius 2 is 2.11 bits per heavy atom. The van der Waals surface area contributed by atoms with E-state index < -0.39 is 12.2 Å². The van der Waals surface area contributed by atoms with Crippen molar-refractivity contribution in [1.82, 2.24) is 5.32 Å². The molecule has 1 aromatic carbocycles. The summed E-state index contributed by atoms with van der Waals surface area (Å²) in [6.07, 6.45) is -1.22. The van der Waals surface area contributed by atoms with Gasteiger partial charge in [0.2, 0.25) is 0 Å². The summed E-state index contributed by atoms with van der Waals surface area (Å²) in [5.74, 6) is 0.571. The van der Waals surface area contributed by atoms with Crippen molar-refractivity contribution >= 4 is 17.7 Å². The summed E-state index contributed by atoms with van der Waals surface area (Å²) in [7, 11) is 1.71. The van der Waals surface area contributed by atoms with Gasteiger partial charge in [-0.3, -0.25) is 4.79 Å². The number of carbonyl (C=O) groups is 2. The molecule has 6 heteroatoms. The average Bonchev–Trinajstić information content (AvgIpc) is 2.83. The van der Waals surface area contributed by atoms with Crippen LogP contribution < -0.4 is 15.0 Å². The molecule has 100 valence electrons. The van der Waals surface area contributed by atoms with Crippen molar-refractivity contribution < 1.29 is 19.1 Å². The summed E-state index contributed by atoms with van der Waals surface area (Å²) < 4.78 is 10.7. The second-order valence-corrected chi connectivity index (χ2v) is 4.66. The molecule has 0 saturated carbocycles. The fourth-order valence-corrected chi connectivity index (χ4v) is 2.30. The lowest BCUT2D eigenvalue weighted by Crippen LogP contribution is -2.42. The molecular weight excluding hydrogens is 248 g/mol. The minimum absolute atomic E-state index is 0.0915. The van der Waals surface area contributed by atoms with Gasteiger partial charge in [-0.05, 0) is 24.6 Å². The molecule has 1 aromatic rings. The van der Waals surface area contributed by atoms with Crippen LogP contribution in [0.2, 0.25) is 0 Å². The predicted molar refractivity (Wildman–Crippen MR) is 67.2 cm³/mol. The maximum absolute atomic E-state index is 11.9. The number of nitrogens with one attached hydrogen (secondary N) is 1. The number of alkyl carbamates (subject to hydrolysis) is 1. The van der Waals surface area contributed by atoms with Crippen molar-refractivity contribution in [3.8, 4) is 5.75 Å². The van der Waals surface area contributed by atoms with Gasteiger partial charge in [-0.2, -0.15) is 0 Å². The number of likely N-dealkylation sites (N-methyl/N-ethyl adjacent to an activating group) is 1. The number of hydrogen-bond donors (Lipinski definition) is 1. The molecule has 0 radical (unpaired) electrons. The van der Waals surface area contributed by atoms with E-state index in [1.165, 1.54) is 0 Å². The quantitative estimate of drug-likeness (QED) is 0.826. The van der Waals surface area contributed by atoms with Crippen molar-refractivity contribution in [3.63, 3.8) is 0 Å². The standard InChI is InChI=1S/C13H14N2O4/c1-7-12(16)15(2)9-5-8(3-4-10(9)18-7)11-6-14-13(17)19-11/h3-5,7,11H,6H2,1-2H3,(H,14,17). The Morgan fingerprint density at radius 1 is 1.32 bits per heavy atom. The SMILES string of the molecule is CC1Oc2ccc(C3CNC(=O)O3)cc2N(C)C1=O. The molecule has 1 fully saturated rings. The molecule has 0 aliphatic carbocycles. The Morgan fingerprint density at radius 3 is 2.79 bits per heavy atom. The van der Waals surface area contributed by atoms with Gasteiger partial charge in [-0.1, -0.05) is 6.07 Å². The fraction of sp³-hybridized carbons (Fsp3) is 0.385. The third kappa shape index (κ3) is 1.89. The summed E-state index contributed by atoms with van der Waals surface area (Å²) in [5, 5.41) is 2.60. The molecule has 2 atom stereocenters. The molecule has 2 heterocycles. The molecule has 1 saturated heterocycles. The van der Waals surface area contributed by atoms with Gasteiger partial charge in [-0.15, -0.1) is 0 Å². The second kappa shape index (κ2) is 4.15. The molecule has 1 N–H and O–H groups in total. The van der Waals surface area contributed by atoms with Crippen LogP contribution in [0.4, 0.5) is 10.5 Å². The Kier molecular flexibility index (Phi) is 2.58. The van der Waals surface area contributed by atoms with Crippen molar-refractivity contribution in [2.75, 3.05) is 18.5 Å². The van der Waals surface area contributed by atoms with E-state index in [0.717, 1.165) is 5.56 Å². The van der Waals surface area contributed by atoms with E-state index in [4.69, 9.17) is 9.47 Å². The number of fused-ring (bicyclic) bond motifs is 1. The topological polar surface area (TPSA) is 67.9 Å². The molecule has 2 unspecified atom stereocenters. The van der Waals surface area contributed by atoms with Crippen LogP contribution >= 0.6 is 0 Å². The van der Waals surface area contributed by atoms with Crippen LogP contribution in [0, 0.1) is 0 Å². The van der Waals surface area contributed by atoms with E-state index in [9.17, 15) is 9.59 Å². The van der Waals surface area contributed by atoms with Crippen LogP contribution in [0.15, 0.2) is 18.2 Å². The third-order valence-electron chi connectivity index (χ3n) is 3.38. The zero-order valence-corrected chi connectivity index (χ0v) is 10.7. The molecule has 0 aromatic heterocycles. The van der Waals surface area contributed by atoms with E-state index in [1.54, 1.807) is 24.9 Å². The van der Waals surface area contributed by atoms with Crippen molar-refractivity contribution in [3.05, 3.63) is 23.8 Å². The highest BCUT2D eigenvalue weighted by Gasteiger charge is 2.31. The van der Waals surface area contributed by atoms with E-state index in [-0.39, 0.29) is 12.0 Å². The maximum atomic E-state index is 11.9. The van der Waals surface area contributed by atoms with Crippen LogP contribution in [0.3, 0.4) is 0 Å². The molecule has 2 aliphatic heterocycles. The van der Waals surface area contributed by atoms with Gasteiger partial charge in [0.25, 0.3) is 5.91 Å². The van der Waals surface area contributed by atoms with Gasteiger partial charge >= 0.3 is 6.09 Å². The first kappa shape index (κ1) is 11.8. The van der Waals surface area contributed by atoms with Crippen molar-refractivity contribution in [1.29, 1.82) is 0 Å². The number of anilines is 1. The van der Waals surface area contributed by atoms with Crippen LogP contribution in [0.5, 0.6) is 5.75 Å². The summed E-state index contributed by atoms with van der Waals surface area (Å²) in [5.41, 5.74) is 1.54. The minimum Gasteiger partial charge on any atom is -0.479 e. The van der Waals surface area contributed by atoms with Gasteiger partial charge < -0.3 is 19.7 Å². The summed E-state index contributed by atoms with van der Waals surface area (Å²) in [6, 6.07) is 5.47. The first-order valence-electron chi connectivity index (χ1n) is 6.09. The molecule has 0 spiro atoms. The summed E-state index contributed by atoms with van der Waals surface area (Å²) >= 11 is 0. The number of amides is 2. The number of benzene rings is 1. The number of ether oxygens (including phenoxy) is 2. The van der Waals surface area contributed by atoms with Crippen LogP contribution in [-0.4, -0.2) is 31.7 Å². The molecule has 2 amide bonds. The first-order valence-corrected chi connectivity index (χ1v) is 6.09. The van der Waals surface area contributed by atoms with E-state index in [1.807, 2.05) is 12.1 Å².